The summed E-state index contributed by atoms with van der Waals surface area (Å²) >= 11 is 0. The van der Waals surface area contributed by atoms with Crippen molar-refractivity contribution in [2.45, 2.75) is 27.1 Å². The third kappa shape index (κ3) is 4.31. The first-order chi connectivity index (χ1) is 14.2. The first-order valence-electron chi connectivity index (χ1n) is 10.1. The maximum atomic E-state index is 6.21. The van der Waals surface area contributed by atoms with E-state index in [-0.39, 0.29) is 0 Å². The molecule has 0 amide bonds. The van der Waals surface area contributed by atoms with E-state index < -0.39 is 0 Å². The van der Waals surface area contributed by atoms with Crippen LogP contribution in [0.5, 0.6) is 0 Å². The molecule has 4 aromatic rings. The topological polar surface area (TPSA) is 9.23 Å². The van der Waals surface area contributed by atoms with Gasteiger partial charge < -0.3 is 4.74 Å². The maximum absolute atomic E-state index is 6.21. The number of hydrogen-bond donors (Lipinski definition) is 0. The van der Waals surface area contributed by atoms with Gasteiger partial charge in [0.2, 0.25) is 0 Å². The van der Waals surface area contributed by atoms with Crippen LogP contribution in [-0.4, -0.2) is 0 Å². The summed E-state index contributed by atoms with van der Waals surface area (Å²) in [5, 5.41) is 0. The second-order valence-electron chi connectivity index (χ2n) is 7.44. The highest BCUT2D eigenvalue weighted by atomic mass is 16.5. The zero-order valence-electron chi connectivity index (χ0n) is 17.1. The van der Waals surface area contributed by atoms with E-state index >= 15 is 0 Å². The molecule has 0 saturated heterocycles. The first-order valence-corrected chi connectivity index (χ1v) is 10.1. The Hall–Kier alpha value is -3.16. The van der Waals surface area contributed by atoms with Crippen LogP contribution in [0.4, 0.5) is 0 Å². The molecule has 0 N–H and O–H groups in total. The minimum atomic E-state index is 0.590. The van der Waals surface area contributed by atoms with Crippen molar-refractivity contribution in [2.75, 3.05) is 0 Å². The Balaban J connectivity index is 1.55. The van der Waals surface area contributed by atoms with Gasteiger partial charge in [-0.05, 0) is 58.4 Å². The standard InChI is InChI=1S/C28H26O/c1-21-11-3-7-15-25(21)27-17-9-5-13-23(27)19-29-20-24-14-6-10-18-28(24)26-16-8-4-12-22(26)2/h3-18H,19-20H2,1-2H3. The fourth-order valence-electron chi connectivity index (χ4n) is 3.84. The Labute approximate surface area is 173 Å². The molecule has 0 atom stereocenters. The third-order valence-corrected chi connectivity index (χ3v) is 5.42. The molecule has 0 saturated carbocycles. The summed E-state index contributed by atoms with van der Waals surface area (Å²) in [5.74, 6) is 0. The van der Waals surface area contributed by atoms with E-state index in [1.54, 1.807) is 0 Å². The molecule has 1 heteroatoms. The second kappa shape index (κ2) is 8.89. The number of aryl methyl sites for hydroxylation is 2. The molecule has 0 aliphatic heterocycles. The zero-order valence-corrected chi connectivity index (χ0v) is 17.1. The molecule has 0 unspecified atom stereocenters. The summed E-state index contributed by atoms with van der Waals surface area (Å²) in [6.07, 6.45) is 0. The monoisotopic (exact) mass is 378 g/mol. The third-order valence-electron chi connectivity index (χ3n) is 5.42. The SMILES string of the molecule is Cc1ccccc1-c1ccccc1COCc1ccccc1-c1ccccc1C. The van der Waals surface area contributed by atoms with Gasteiger partial charge in [0, 0.05) is 0 Å². The quantitative estimate of drug-likeness (QED) is 0.341. The summed E-state index contributed by atoms with van der Waals surface area (Å²) in [6.45, 7) is 5.50. The molecule has 0 spiro atoms. The van der Waals surface area contributed by atoms with Crippen LogP contribution >= 0.6 is 0 Å². The zero-order chi connectivity index (χ0) is 20.1. The fourth-order valence-corrected chi connectivity index (χ4v) is 3.84. The van der Waals surface area contributed by atoms with Crippen LogP contribution in [0.15, 0.2) is 97.1 Å². The Morgan fingerprint density at radius 3 is 1.21 bits per heavy atom. The Morgan fingerprint density at radius 1 is 0.448 bits per heavy atom. The van der Waals surface area contributed by atoms with Crippen LogP contribution in [0.25, 0.3) is 22.3 Å². The average Bonchev–Trinajstić information content (AvgIpc) is 2.75. The lowest BCUT2D eigenvalue weighted by molar-refractivity contribution is 0.108. The highest BCUT2D eigenvalue weighted by Gasteiger charge is 2.09. The fraction of sp³-hybridized carbons (Fsp3) is 0.143. The van der Waals surface area contributed by atoms with Crippen LogP contribution in [0.2, 0.25) is 0 Å². The predicted molar refractivity (Wildman–Crippen MR) is 122 cm³/mol. The van der Waals surface area contributed by atoms with Crippen LogP contribution in [0.1, 0.15) is 22.3 Å². The van der Waals surface area contributed by atoms with Crippen molar-refractivity contribution < 1.29 is 4.74 Å². The number of ether oxygens (including phenoxy) is 1. The van der Waals surface area contributed by atoms with Crippen LogP contribution in [0.3, 0.4) is 0 Å². The summed E-state index contributed by atoms with van der Waals surface area (Å²) in [4.78, 5) is 0. The van der Waals surface area contributed by atoms with Crippen LogP contribution in [-0.2, 0) is 18.0 Å². The van der Waals surface area contributed by atoms with Crippen LogP contribution < -0.4 is 0 Å². The highest BCUT2D eigenvalue weighted by Crippen LogP contribution is 2.29. The van der Waals surface area contributed by atoms with Crippen LogP contribution in [0, 0.1) is 13.8 Å². The van der Waals surface area contributed by atoms with E-state index in [0.717, 1.165) is 0 Å². The van der Waals surface area contributed by atoms with Gasteiger partial charge in [0.25, 0.3) is 0 Å². The summed E-state index contributed by atoms with van der Waals surface area (Å²) in [6, 6.07) is 34.1. The normalized spacial score (nSPS) is 10.8. The molecular formula is C28H26O. The van der Waals surface area contributed by atoms with E-state index in [1.165, 1.54) is 44.5 Å². The van der Waals surface area contributed by atoms with Gasteiger partial charge in [-0.2, -0.15) is 0 Å². The molecule has 4 rings (SSSR count). The summed E-state index contributed by atoms with van der Waals surface area (Å²) < 4.78 is 6.21. The molecule has 0 aliphatic carbocycles. The van der Waals surface area contributed by atoms with Crippen molar-refractivity contribution >= 4 is 0 Å². The van der Waals surface area contributed by atoms with E-state index in [0.29, 0.717) is 13.2 Å². The number of hydrogen-bond acceptors (Lipinski definition) is 1. The smallest absolute Gasteiger partial charge is 0.0727 e. The lowest BCUT2D eigenvalue weighted by Gasteiger charge is -2.15. The molecule has 0 heterocycles. The highest BCUT2D eigenvalue weighted by molar-refractivity contribution is 5.71. The van der Waals surface area contributed by atoms with Gasteiger partial charge in [-0.1, -0.05) is 97.1 Å². The predicted octanol–water partition coefficient (Wildman–Crippen LogP) is 7.35. The molecule has 144 valence electrons. The summed E-state index contributed by atoms with van der Waals surface area (Å²) in [7, 11) is 0. The Bertz CT molecular complexity index is 1020. The molecule has 0 aromatic heterocycles. The van der Waals surface area contributed by atoms with Crippen molar-refractivity contribution in [3.63, 3.8) is 0 Å². The Kier molecular flexibility index (Phi) is 5.88. The van der Waals surface area contributed by atoms with Crippen molar-refractivity contribution in [2.24, 2.45) is 0 Å². The Morgan fingerprint density at radius 2 is 0.793 bits per heavy atom. The van der Waals surface area contributed by atoms with Crippen molar-refractivity contribution in [1.82, 2.24) is 0 Å². The van der Waals surface area contributed by atoms with Crippen molar-refractivity contribution in [1.29, 1.82) is 0 Å². The van der Waals surface area contributed by atoms with Crippen molar-refractivity contribution in [3.8, 4) is 22.3 Å². The van der Waals surface area contributed by atoms with Gasteiger partial charge in [-0.15, -0.1) is 0 Å². The molecular weight excluding hydrogens is 352 g/mol. The van der Waals surface area contributed by atoms with Gasteiger partial charge in [0.15, 0.2) is 0 Å². The molecule has 29 heavy (non-hydrogen) atoms. The molecule has 1 nitrogen and oxygen atoms in total. The lowest BCUT2D eigenvalue weighted by atomic mass is 9.96. The maximum Gasteiger partial charge on any atom is 0.0727 e. The largest absolute Gasteiger partial charge is 0.372 e. The molecule has 0 fully saturated rings. The molecule has 0 aliphatic rings. The lowest BCUT2D eigenvalue weighted by Crippen LogP contribution is -1.99. The number of benzene rings is 4. The van der Waals surface area contributed by atoms with Gasteiger partial charge in [0.1, 0.15) is 0 Å². The number of rotatable bonds is 6. The van der Waals surface area contributed by atoms with Gasteiger partial charge in [0.05, 0.1) is 13.2 Å². The summed E-state index contributed by atoms with van der Waals surface area (Å²) in [5.41, 5.74) is 10.0. The van der Waals surface area contributed by atoms with E-state index in [9.17, 15) is 0 Å². The van der Waals surface area contributed by atoms with E-state index in [1.807, 2.05) is 0 Å². The molecule has 4 aromatic carbocycles. The second-order valence-corrected chi connectivity index (χ2v) is 7.44. The van der Waals surface area contributed by atoms with Gasteiger partial charge >= 0.3 is 0 Å². The minimum Gasteiger partial charge on any atom is -0.372 e. The molecule has 0 radical (unpaired) electrons. The minimum absolute atomic E-state index is 0.590. The van der Waals surface area contributed by atoms with Gasteiger partial charge in [-0.25, -0.2) is 0 Å². The van der Waals surface area contributed by atoms with E-state index in [4.69, 9.17) is 4.74 Å². The van der Waals surface area contributed by atoms with E-state index in [2.05, 4.69) is 111 Å². The average molecular weight is 379 g/mol. The van der Waals surface area contributed by atoms with Gasteiger partial charge in [-0.3, -0.25) is 0 Å². The first kappa shape index (κ1) is 19.2. The molecule has 0 bridgehead atoms. The van der Waals surface area contributed by atoms with Crippen molar-refractivity contribution in [3.05, 3.63) is 119 Å².